The van der Waals surface area contributed by atoms with Crippen LogP contribution in [0.4, 0.5) is 5.69 Å². The third-order valence-electron chi connectivity index (χ3n) is 5.07. The minimum Gasteiger partial charge on any atom is -0.439 e. The summed E-state index contributed by atoms with van der Waals surface area (Å²) in [5.41, 5.74) is 5.85. The van der Waals surface area contributed by atoms with Gasteiger partial charge in [0.15, 0.2) is 0 Å². The Hall–Kier alpha value is -4.44. The van der Waals surface area contributed by atoms with Crippen LogP contribution >= 0.6 is 11.6 Å². The number of aromatic nitrogens is 4. The summed E-state index contributed by atoms with van der Waals surface area (Å²) >= 11 is 5.96. The van der Waals surface area contributed by atoms with Crippen LogP contribution in [0.3, 0.4) is 0 Å². The lowest BCUT2D eigenvalue weighted by Gasteiger charge is -2.10. The number of nitrogens with one attached hydrogen (secondary N) is 1. The highest BCUT2D eigenvalue weighted by Crippen LogP contribution is 2.21. The van der Waals surface area contributed by atoms with Gasteiger partial charge in [-0.3, -0.25) is 14.3 Å². The van der Waals surface area contributed by atoms with Crippen molar-refractivity contribution < 1.29 is 9.53 Å². The highest BCUT2D eigenvalue weighted by atomic mass is 35.5. The molecule has 0 atom stereocenters. The van der Waals surface area contributed by atoms with E-state index >= 15 is 0 Å². The Morgan fingerprint density at radius 1 is 1.06 bits per heavy atom. The van der Waals surface area contributed by atoms with Crippen LogP contribution in [0.2, 0.25) is 5.02 Å². The van der Waals surface area contributed by atoms with E-state index in [9.17, 15) is 14.4 Å². The predicted molar refractivity (Wildman–Crippen MR) is 130 cm³/mol. The summed E-state index contributed by atoms with van der Waals surface area (Å²) in [4.78, 5) is 47.9. The van der Waals surface area contributed by atoms with Crippen molar-refractivity contribution in [2.45, 2.75) is 20.0 Å². The number of halogens is 1. The first kappa shape index (κ1) is 23.7. The Morgan fingerprint density at radius 2 is 1.77 bits per heavy atom. The van der Waals surface area contributed by atoms with Crippen LogP contribution in [0.1, 0.15) is 22.8 Å². The van der Waals surface area contributed by atoms with Gasteiger partial charge >= 0.3 is 11.4 Å². The van der Waals surface area contributed by atoms with Crippen LogP contribution in [0, 0.1) is 0 Å². The molecule has 0 unspecified atom stereocenters. The molecule has 3 N–H and O–H groups in total. The van der Waals surface area contributed by atoms with Crippen LogP contribution in [0.5, 0.6) is 11.6 Å². The zero-order chi connectivity index (χ0) is 24.9. The summed E-state index contributed by atoms with van der Waals surface area (Å²) in [7, 11) is 0. The number of H-pyrrole nitrogens is 1. The smallest absolute Gasteiger partial charge is 0.335 e. The van der Waals surface area contributed by atoms with Gasteiger partial charge in [-0.2, -0.15) is 0 Å². The normalized spacial score (nSPS) is 11.4. The van der Waals surface area contributed by atoms with Gasteiger partial charge < -0.3 is 10.5 Å². The van der Waals surface area contributed by atoms with E-state index in [0.29, 0.717) is 27.9 Å². The Bertz CT molecular complexity index is 1540. The number of hydrogen-bond acceptors (Lipinski definition) is 6. The molecule has 0 aliphatic rings. The first-order valence-electron chi connectivity index (χ1n) is 10.6. The number of benzene rings is 2. The van der Waals surface area contributed by atoms with E-state index in [4.69, 9.17) is 22.1 Å². The SMILES string of the molecule is CCn1c(=O)[nH]/c(=N\c2ccc(Oc3ccc(C(N)=O)cc3)nc2)n(Cc2ccc(Cl)cc2)c1=O. The largest absolute Gasteiger partial charge is 0.439 e. The number of rotatable bonds is 7. The Kier molecular flexibility index (Phi) is 6.93. The molecule has 0 saturated carbocycles. The molecule has 10 nitrogen and oxygen atoms in total. The summed E-state index contributed by atoms with van der Waals surface area (Å²) in [5.74, 6) is 0.235. The van der Waals surface area contributed by atoms with Gasteiger partial charge in [0.1, 0.15) is 5.75 Å². The summed E-state index contributed by atoms with van der Waals surface area (Å²) in [5, 5.41) is 0.577. The summed E-state index contributed by atoms with van der Waals surface area (Å²) in [6, 6.07) is 16.6. The zero-order valence-corrected chi connectivity index (χ0v) is 19.4. The third kappa shape index (κ3) is 5.56. The number of hydrogen-bond donors (Lipinski definition) is 2. The lowest BCUT2D eigenvalue weighted by molar-refractivity contribution is 0.100. The first-order chi connectivity index (χ1) is 16.8. The van der Waals surface area contributed by atoms with Crippen molar-refractivity contribution in [3.8, 4) is 11.6 Å². The average molecular weight is 493 g/mol. The van der Waals surface area contributed by atoms with Crippen molar-refractivity contribution in [1.82, 2.24) is 19.1 Å². The van der Waals surface area contributed by atoms with Crippen LogP contribution in [-0.2, 0) is 13.1 Å². The molecule has 0 bridgehead atoms. The second-order valence-corrected chi connectivity index (χ2v) is 7.89. The number of carbonyl (C=O) groups is 1. The standard InChI is InChI=1S/C24H21ClN6O4/c1-2-30-23(33)29-22(31(24(30)34)14-15-3-7-17(25)8-4-15)28-18-9-12-20(27-13-18)35-19-10-5-16(6-11-19)21(26)32/h3-13H,2,14H2,1H3,(H2,26,32)(H,28,29,33). The highest BCUT2D eigenvalue weighted by Gasteiger charge is 2.09. The molecule has 0 radical (unpaired) electrons. The predicted octanol–water partition coefficient (Wildman–Crippen LogP) is 2.58. The van der Waals surface area contributed by atoms with Crippen molar-refractivity contribution in [2.75, 3.05) is 0 Å². The van der Waals surface area contributed by atoms with Gasteiger partial charge in [0.25, 0.3) is 0 Å². The lowest BCUT2D eigenvalue weighted by atomic mass is 10.2. The highest BCUT2D eigenvalue weighted by molar-refractivity contribution is 6.30. The molecule has 0 fully saturated rings. The Morgan fingerprint density at radius 3 is 2.37 bits per heavy atom. The second-order valence-electron chi connectivity index (χ2n) is 7.45. The molecule has 0 aliphatic carbocycles. The molecule has 2 aromatic heterocycles. The Labute approximate surface area is 203 Å². The van der Waals surface area contributed by atoms with Gasteiger partial charge in [0.05, 0.1) is 18.4 Å². The zero-order valence-electron chi connectivity index (χ0n) is 18.6. The Balaban J connectivity index is 1.66. The molecule has 0 aliphatic heterocycles. The van der Waals surface area contributed by atoms with E-state index in [2.05, 4.69) is 15.0 Å². The molecule has 4 rings (SSSR count). The number of amides is 1. The van der Waals surface area contributed by atoms with E-state index < -0.39 is 17.3 Å². The third-order valence-corrected chi connectivity index (χ3v) is 5.32. The number of aromatic amines is 1. The maximum Gasteiger partial charge on any atom is 0.335 e. The summed E-state index contributed by atoms with van der Waals surface area (Å²) < 4.78 is 8.13. The molecule has 2 heterocycles. The maximum atomic E-state index is 13.0. The fraction of sp³-hybridized carbons (Fsp3) is 0.125. The average Bonchev–Trinajstić information content (AvgIpc) is 2.84. The van der Waals surface area contributed by atoms with Crippen molar-refractivity contribution >= 4 is 23.2 Å². The van der Waals surface area contributed by atoms with Crippen molar-refractivity contribution in [3.63, 3.8) is 0 Å². The van der Waals surface area contributed by atoms with Gasteiger partial charge in [0.2, 0.25) is 17.4 Å². The number of carbonyl (C=O) groups excluding carboxylic acids is 1. The lowest BCUT2D eigenvalue weighted by Crippen LogP contribution is -2.49. The number of primary amides is 1. The number of nitrogens with zero attached hydrogens (tertiary/aromatic N) is 4. The quantitative estimate of drug-likeness (QED) is 0.408. The van der Waals surface area contributed by atoms with Gasteiger partial charge in [-0.05, 0) is 55.0 Å². The van der Waals surface area contributed by atoms with Crippen LogP contribution in [0.15, 0.2) is 81.4 Å². The van der Waals surface area contributed by atoms with Crippen molar-refractivity contribution in [2.24, 2.45) is 10.7 Å². The topological polar surface area (TPSA) is 137 Å². The molecule has 11 heteroatoms. The molecular formula is C24H21ClN6O4. The maximum absolute atomic E-state index is 13.0. The second kappa shape index (κ2) is 10.2. The van der Waals surface area contributed by atoms with Crippen LogP contribution in [-0.4, -0.2) is 25.0 Å². The number of ether oxygens (including phenoxy) is 1. The molecule has 0 spiro atoms. The van der Waals surface area contributed by atoms with Gasteiger partial charge in [0, 0.05) is 23.2 Å². The van der Waals surface area contributed by atoms with Gasteiger partial charge in [-0.25, -0.2) is 24.1 Å². The van der Waals surface area contributed by atoms with Crippen LogP contribution in [0.25, 0.3) is 0 Å². The monoisotopic (exact) mass is 492 g/mol. The van der Waals surface area contributed by atoms with Crippen molar-refractivity contribution in [1.29, 1.82) is 0 Å². The van der Waals surface area contributed by atoms with E-state index in [1.165, 1.54) is 10.8 Å². The molecule has 35 heavy (non-hydrogen) atoms. The minimum atomic E-state index is -0.559. The van der Waals surface area contributed by atoms with E-state index in [-0.39, 0.29) is 18.7 Å². The molecular weight excluding hydrogens is 472 g/mol. The fourth-order valence-corrected chi connectivity index (χ4v) is 3.39. The first-order valence-corrected chi connectivity index (χ1v) is 11.0. The number of nitrogens with two attached hydrogens (primary N) is 1. The summed E-state index contributed by atoms with van der Waals surface area (Å²) in [6.07, 6.45) is 1.45. The fourth-order valence-electron chi connectivity index (χ4n) is 3.27. The van der Waals surface area contributed by atoms with Crippen molar-refractivity contribution in [3.05, 3.63) is 110 Å². The van der Waals surface area contributed by atoms with Gasteiger partial charge in [-0.15, -0.1) is 0 Å². The summed E-state index contributed by atoms with van der Waals surface area (Å²) in [6.45, 7) is 2.11. The molecule has 178 valence electrons. The van der Waals surface area contributed by atoms with Crippen LogP contribution < -0.4 is 27.5 Å². The molecule has 1 amide bonds. The molecule has 0 saturated heterocycles. The van der Waals surface area contributed by atoms with E-state index in [0.717, 1.165) is 10.1 Å². The van der Waals surface area contributed by atoms with E-state index in [1.807, 2.05) is 0 Å². The van der Waals surface area contributed by atoms with Gasteiger partial charge in [-0.1, -0.05) is 23.7 Å². The molecule has 4 aromatic rings. The minimum absolute atomic E-state index is 0.0807. The molecule has 2 aromatic carbocycles. The number of pyridine rings is 1. The van der Waals surface area contributed by atoms with E-state index in [1.54, 1.807) is 67.6 Å².